The van der Waals surface area contributed by atoms with Gasteiger partial charge < -0.3 is 19.9 Å². The largest absolute Gasteiger partial charge is 0.481 e. The second kappa shape index (κ2) is 8.85. The summed E-state index contributed by atoms with van der Waals surface area (Å²) < 4.78 is 10.5. The molecule has 19 heavy (non-hydrogen) atoms. The van der Waals surface area contributed by atoms with Crippen molar-refractivity contribution in [3.63, 3.8) is 0 Å². The van der Waals surface area contributed by atoms with Gasteiger partial charge in [0, 0.05) is 31.5 Å². The summed E-state index contributed by atoms with van der Waals surface area (Å²) in [6.07, 6.45) is 1.19. The number of aliphatic hydroxyl groups excluding tert-OH is 1. The first-order valence-corrected chi connectivity index (χ1v) is 6.58. The normalized spacial score (nSPS) is 12.7. The van der Waals surface area contributed by atoms with Crippen molar-refractivity contribution < 1.29 is 14.6 Å². The van der Waals surface area contributed by atoms with Crippen molar-refractivity contribution in [2.75, 3.05) is 26.9 Å². The Morgan fingerprint density at radius 2 is 2.16 bits per heavy atom. The van der Waals surface area contributed by atoms with Crippen molar-refractivity contribution in [2.24, 2.45) is 5.92 Å². The maximum atomic E-state index is 9.73. The molecule has 0 bridgehead atoms. The molecule has 2 N–H and O–H groups in total. The third-order valence-electron chi connectivity index (χ3n) is 2.50. The molecule has 0 aliphatic rings. The molecule has 1 heterocycles. The highest BCUT2D eigenvalue weighted by atomic mass is 16.5. The number of aromatic nitrogens is 1. The van der Waals surface area contributed by atoms with Gasteiger partial charge in [-0.05, 0) is 12.0 Å². The van der Waals surface area contributed by atoms with Gasteiger partial charge in [-0.2, -0.15) is 0 Å². The highest BCUT2D eigenvalue weighted by Crippen LogP contribution is 2.12. The molecule has 1 aromatic heterocycles. The van der Waals surface area contributed by atoms with E-state index in [1.54, 1.807) is 13.3 Å². The van der Waals surface area contributed by atoms with E-state index in [2.05, 4.69) is 24.1 Å². The van der Waals surface area contributed by atoms with Crippen LogP contribution in [0.3, 0.4) is 0 Å². The van der Waals surface area contributed by atoms with Crippen molar-refractivity contribution in [1.82, 2.24) is 10.3 Å². The van der Waals surface area contributed by atoms with Crippen molar-refractivity contribution in [2.45, 2.75) is 26.5 Å². The Labute approximate surface area is 115 Å². The van der Waals surface area contributed by atoms with Crippen LogP contribution in [0.2, 0.25) is 0 Å². The predicted molar refractivity (Wildman–Crippen MR) is 74.2 cm³/mol. The predicted octanol–water partition coefficient (Wildman–Crippen LogP) is 1.21. The molecule has 5 nitrogen and oxygen atoms in total. The van der Waals surface area contributed by atoms with Crippen LogP contribution < -0.4 is 10.1 Å². The van der Waals surface area contributed by atoms with E-state index in [1.807, 2.05) is 12.1 Å². The van der Waals surface area contributed by atoms with Gasteiger partial charge in [0.15, 0.2) is 0 Å². The molecule has 0 saturated carbocycles. The molecular formula is C14H24N2O3. The topological polar surface area (TPSA) is 63.6 Å². The quantitative estimate of drug-likeness (QED) is 0.705. The van der Waals surface area contributed by atoms with Crippen LogP contribution in [0.15, 0.2) is 18.3 Å². The van der Waals surface area contributed by atoms with E-state index in [0.29, 0.717) is 38.1 Å². The zero-order chi connectivity index (χ0) is 14.1. The first-order chi connectivity index (χ1) is 9.13. The Hall–Kier alpha value is -1.17. The maximum Gasteiger partial charge on any atom is 0.217 e. The Morgan fingerprint density at radius 1 is 1.37 bits per heavy atom. The number of pyridine rings is 1. The van der Waals surface area contributed by atoms with Crippen molar-refractivity contribution >= 4 is 0 Å². The lowest BCUT2D eigenvalue weighted by Crippen LogP contribution is -2.30. The molecule has 1 unspecified atom stereocenters. The van der Waals surface area contributed by atoms with Crippen LogP contribution in [0.25, 0.3) is 0 Å². The standard InChI is InChI=1S/C14H24N2O3/c1-11(2)9-19-10-13(17)8-15-7-12-5-4-6-16-14(12)18-3/h4-6,11,13,15,17H,7-10H2,1-3H3. The van der Waals surface area contributed by atoms with Gasteiger partial charge in [-0.25, -0.2) is 4.98 Å². The molecular weight excluding hydrogens is 244 g/mol. The summed E-state index contributed by atoms with van der Waals surface area (Å²) in [6.45, 7) is 6.29. The van der Waals surface area contributed by atoms with Crippen LogP contribution in [0.4, 0.5) is 0 Å². The number of ether oxygens (including phenoxy) is 2. The van der Waals surface area contributed by atoms with E-state index < -0.39 is 6.10 Å². The summed E-state index contributed by atoms with van der Waals surface area (Å²) in [7, 11) is 1.60. The third kappa shape index (κ3) is 6.52. The summed E-state index contributed by atoms with van der Waals surface area (Å²) in [4.78, 5) is 4.11. The Bertz CT molecular complexity index is 358. The summed E-state index contributed by atoms with van der Waals surface area (Å²) in [6, 6.07) is 3.81. The van der Waals surface area contributed by atoms with Gasteiger partial charge in [0.25, 0.3) is 0 Å². The molecule has 0 aromatic carbocycles. The second-order valence-corrected chi connectivity index (χ2v) is 4.89. The van der Waals surface area contributed by atoms with Crippen molar-refractivity contribution in [3.8, 4) is 5.88 Å². The molecule has 1 atom stereocenters. The fourth-order valence-corrected chi connectivity index (χ4v) is 1.61. The summed E-state index contributed by atoms with van der Waals surface area (Å²) >= 11 is 0. The average molecular weight is 268 g/mol. The molecule has 1 rings (SSSR count). The minimum atomic E-state index is -0.499. The summed E-state index contributed by atoms with van der Waals surface area (Å²) in [5, 5.41) is 12.9. The third-order valence-corrected chi connectivity index (χ3v) is 2.50. The summed E-state index contributed by atoms with van der Waals surface area (Å²) in [5.41, 5.74) is 0.972. The van der Waals surface area contributed by atoms with Gasteiger partial charge >= 0.3 is 0 Å². The molecule has 1 aromatic rings. The molecule has 0 fully saturated rings. The number of hydrogen-bond acceptors (Lipinski definition) is 5. The second-order valence-electron chi connectivity index (χ2n) is 4.89. The SMILES string of the molecule is COc1ncccc1CNCC(O)COCC(C)C. The number of aliphatic hydroxyl groups is 1. The number of hydrogen-bond donors (Lipinski definition) is 2. The van der Waals surface area contributed by atoms with Gasteiger partial charge in [0.05, 0.1) is 19.8 Å². The molecule has 0 amide bonds. The fourth-order valence-electron chi connectivity index (χ4n) is 1.61. The zero-order valence-corrected chi connectivity index (χ0v) is 11.9. The highest BCUT2D eigenvalue weighted by Gasteiger charge is 2.06. The number of methoxy groups -OCH3 is 1. The lowest BCUT2D eigenvalue weighted by atomic mass is 10.2. The fraction of sp³-hybridized carbons (Fsp3) is 0.643. The maximum absolute atomic E-state index is 9.73. The van der Waals surface area contributed by atoms with E-state index in [0.717, 1.165) is 5.56 Å². The molecule has 0 spiro atoms. The van der Waals surface area contributed by atoms with Gasteiger partial charge in [0.2, 0.25) is 5.88 Å². The molecule has 0 radical (unpaired) electrons. The number of rotatable bonds is 9. The minimum absolute atomic E-state index is 0.357. The van der Waals surface area contributed by atoms with E-state index in [9.17, 15) is 5.11 Å². The van der Waals surface area contributed by atoms with E-state index >= 15 is 0 Å². The Kier molecular flexibility index (Phi) is 7.40. The first kappa shape index (κ1) is 15.9. The molecule has 0 saturated heterocycles. The van der Waals surface area contributed by atoms with Crippen LogP contribution in [0.1, 0.15) is 19.4 Å². The van der Waals surface area contributed by atoms with Crippen molar-refractivity contribution in [3.05, 3.63) is 23.9 Å². The lowest BCUT2D eigenvalue weighted by Gasteiger charge is -2.14. The van der Waals surface area contributed by atoms with Crippen molar-refractivity contribution in [1.29, 1.82) is 0 Å². The van der Waals surface area contributed by atoms with Crippen LogP contribution in [0.5, 0.6) is 5.88 Å². The summed E-state index contributed by atoms with van der Waals surface area (Å²) in [5.74, 6) is 1.10. The molecule has 0 aliphatic carbocycles. The van der Waals surface area contributed by atoms with Gasteiger partial charge in [-0.3, -0.25) is 0 Å². The van der Waals surface area contributed by atoms with E-state index in [-0.39, 0.29) is 0 Å². The van der Waals surface area contributed by atoms with Crippen LogP contribution >= 0.6 is 0 Å². The van der Waals surface area contributed by atoms with Crippen LogP contribution in [-0.2, 0) is 11.3 Å². The number of nitrogens with zero attached hydrogens (tertiary/aromatic N) is 1. The van der Waals surface area contributed by atoms with Gasteiger partial charge in [-0.1, -0.05) is 19.9 Å². The van der Waals surface area contributed by atoms with E-state index in [4.69, 9.17) is 9.47 Å². The zero-order valence-electron chi connectivity index (χ0n) is 11.9. The molecule has 5 heteroatoms. The van der Waals surface area contributed by atoms with Crippen LogP contribution in [-0.4, -0.2) is 43.1 Å². The Balaban J connectivity index is 2.22. The monoisotopic (exact) mass is 268 g/mol. The van der Waals surface area contributed by atoms with Gasteiger partial charge in [0.1, 0.15) is 0 Å². The van der Waals surface area contributed by atoms with Crippen LogP contribution in [0, 0.1) is 5.92 Å². The lowest BCUT2D eigenvalue weighted by molar-refractivity contribution is 0.0260. The molecule has 0 aliphatic heterocycles. The Morgan fingerprint density at radius 3 is 2.84 bits per heavy atom. The first-order valence-electron chi connectivity index (χ1n) is 6.58. The van der Waals surface area contributed by atoms with Gasteiger partial charge in [-0.15, -0.1) is 0 Å². The number of nitrogens with one attached hydrogen (secondary N) is 1. The minimum Gasteiger partial charge on any atom is -0.481 e. The highest BCUT2D eigenvalue weighted by molar-refractivity contribution is 5.24. The molecule has 108 valence electrons. The van der Waals surface area contributed by atoms with E-state index in [1.165, 1.54) is 0 Å². The smallest absolute Gasteiger partial charge is 0.217 e. The average Bonchev–Trinajstić information content (AvgIpc) is 2.39.